The van der Waals surface area contributed by atoms with E-state index in [9.17, 15) is 0 Å². The second-order valence-electron chi connectivity index (χ2n) is 6.09. The lowest BCUT2D eigenvalue weighted by Gasteiger charge is -2.36. The Morgan fingerprint density at radius 3 is 2.83 bits per heavy atom. The molecular formula is C15H25N3. The lowest BCUT2D eigenvalue weighted by molar-refractivity contribution is 0.255. The summed E-state index contributed by atoms with van der Waals surface area (Å²) in [5.41, 5.74) is 2.91. The van der Waals surface area contributed by atoms with Crippen LogP contribution in [0.15, 0.2) is 6.20 Å². The van der Waals surface area contributed by atoms with E-state index in [1.54, 1.807) is 0 Å². The van der Waals surface area contributed by atoms with Crippen molar-refractivity contribution in [1.29, 1.82) is 0 Å². The van der Waals surface area contributed by atoms with Crippen LogP contribution >= 0.6 is 0 Å². The van der Waals surface area contributed by atoms with Crippen LogP contribution in [0.2, 0.25) is 0 Å². The van der Waals surface area contributed by atoms with E-state index >= 15 is 0 Å². The Bertz CT molecular complexity index is 412. The van der Waals surface area contributed by atoms with E-state index in [-0.39, 0.29) is 0 Å². The first-order chi connectivity index (χ1) is 8.55. The van der Waals surface area contributed by atoms with E-state index in [1.165, 1.54) is 17.7 Å². The highest BCUT2D eigenvalue weighted by Crippen LogP contribution is 2.39. The molecule has 1 aliphatic rings. The summed E-state index contributed by atoms with van der Waals surface area (Å²) in [6.45, 7) is 10.0. The Morgan fingerprint density at radius 1 is 1.39 bits per heavy atom. The van der Waals surface area contributed by atoms with Gasteiger partial charge in [0.05, 0.1) is 0 Å². The van der Waals surface area contributed by atoms with Crippen molar-refractivity contribution in [3.8, 4) is 0 Å². The monoisotopic (exact) mass is 247 g/mol. The molecule has 1 aliphatic carbocycles. The van der Waals surface area contributed by atoms with Crippen LogP contribution in [0.25, 0.3) is 0 Å². The molecule has 0 amide bonds. The standard InChI is InChI=1S/C15H25N3/c1-5-7-14-17-10-11-12(16-6-2)8-15(3,4)9-13(11)18-14/h10,12,16H,5-9H2,1-4H3. The first kappa shape index (κ1) is 13.5. The highest BCUT2D eigenvalue weighted by Gasteiger charge is 2.33. The maximum absolute atomic E-state index is 4.78. The smallest absolute Gasteiger partial charge is 0.128 e. The number of nitrogens with zero attached hydrogens (tertiary/aromatic N) is 2. The van der Waals surface area contributed by atoms with Crippen molar-refractivity contribution in [2.75, 3.05) is 6.54 Å². The lowest BCUT2D eigenvalue weighted by Crippen LogP contribution is -2.34. The predicted molar refractivity (Wildman–Crippen MR) is 74.5 cm³/mol. The molecule has 1 heterocycles. The molecule has 100 valence electrons. The number of hydrogen-bond acceptors (Lipinski definition) is 3. The zero-order chi connectivity index (χ0) is 13.2. The largest absolute Gasteiger partial charge is 0.310 e. The van der Waals surface area contributed by atoms with Crippen LogP contribution < -0.4 is 5.32 Å². The molecule has 2 rings (SSSR count). The van der Waals surface area contributed by atoms with Crippen LogP contribution in [-0.2, 0) is 12.8 Å². The summed E-state index contributed by atoms with van der Waals surface area (Å²) in [5, 5.41) is 3.57. The van der Waals surface area contributed by atoms with E-state index in [0.717, 1.165) is 31.6 Å². The molecule has 0 bridgehead atoms. The molecule has 3 heteroatoms. The highest BCUT2D eigenvalue weighted by atomic mass is 14.9. The average molecular weight is 247 g/mol. The Kier molecular flexibility index (Phi) is 4.00. The van der Waals surface area contributed by atoms with Gasteiger partial charge in [0.2, 0.25) is 0 Å². The van der Waals surface area contributed by atoms with Gasteiger partial charge in [-0.1, -0.05) is 27.7 Å². The molecule has 1 aromatic heterocycles. The molecular weight excluding hydrogens is 222 g/mol. The summed E-state index contributed by atoms with van der Waals surface area (Å²) in [6.07, 6.45) is 6.39. The molecule has 18 heavy (non-hydrogen) atoms. The van der Waals surface area contributed by atoms with E-state index in [0.29, 0.717) is 11.5 Å². The minimum atomic E-state index is 0.331. The molecule has 0 fully saturated rings. The molecule has 1 N–H and O–H groups in total. The third-order valence-corrected chi connectivity index (χ3v) is 3.65. The van der Waals surface area contributed by atoms with Crippen LogP contribution in [0.1, 0.15) is 63.7 Å². The zero-order valence-electron chi connectivity index (χ0n) is 12.1. The van der Waals surface area contributed by atoms with Gasteiger partial charge in [0.1, 0.15) is 5.82 Å². The van der Waals surface area contributed by atoms with Crippen LogP contribution in [0, 0.1) is 5.41 Å². The number of aromatic nitrogens is 2. The fourth-order valence-corrected chi connectivity index (χ4v) is 2.86. The molecule has 3 nitrogen and oxygen atoms in total. The number of fused-ring (bicyclic) bond motifs is 1. The van der Waals surface area contributed by atoms with Gasteiger partial charge in [0.25, 0.3) is 0 Å². The molecule has 0 aliphatic heterocycles. The third kappa shape index (κ3) is 2.89. The number of rotatable bonds is 4. The molecule has 1 atom stereocenters. The summed E-state index contributed by atoms with van der Waals surface area (Å²) in [4.78, 5) is 9.29. The molecule has 0 spiro atoms. The van der Waals surface area contributed by atoms with E-state index in [2.05, 4.69) is 44.2 Å². The minimum Gasteiger partial charge on any atom is -0.310 e. The van der Waals surface area contributed by atoms with Gasteiger partial charge >= 0.3 is 0 Å². The normalized spacial score (nSPS) is 21.7. The summed E-state index contributed by atoms with van der Waals surface area (Å²) in [5.74, 6) is 1.00. The number of hydrogen-bond donors (Lipinski definition) is 1. The Balaban J connectivity index is 2.32. The molecule has 0 saturated heterocycles. The van der Waals surface area contributed by atoms with Crippen molar-refractivity contribution >= 4 is 0 Å². The van der Waals surface area contributed by atoms with Gasteiger partial charge in [-0.15, -0.1) is 0 Å². The van der Waals surface area contributed by atoms with Gasteiger partial charge in [0, 0.05) is 29.9 Å². The van der Waals surface area contributed by atoms with Crippen LogP contribution in [0.4, 0.5) is 0 Å². The van der Waals surface area contributed by atoms with Crippen molar-refractivity contribution in [3.63, 3.8) is 0 Å². The van der Waals surface area contributed by atoms with Crippen molar-refractivity contribution in [1.82, 2.24) is 15.3 Å². The van der Waals surface area contributed by atoms with Crippen LogP contribution in [-0.4, -0.2) is 16.5 Å². The third-order valence-electron chi connectivity index (χ3n) is 3.65. The second kappa shape index (κ2) is 5.35. The van der Waals surface area contributed by atoms with Gasteiger partial charge in [-0.2, -0.15) is 0 Å². The molecule has 0 aromatic carbocycles. The zero-order valence-corrected chi connectivity index (χ0v) is 12.1. The van der Waals surface area contributed by atoms with Gasteiger partial charge < -0.3 is 5.32 Å². The lowest BCUT2D eigenvalue weighted by atomic mass is 9.74. The van der Waals surface area contributed by atoms with Gasteiger partial charge in [-0.3, -0.25) is 0 Å². The molecule has 0 saturated carbocycles. The van der Waals surface area contributed by atoms with E-state index in [1.807, 2.05) is 0 Å². The second-order valence-corrected chi connectivity index (χ2v) is 6.09. The fraction of sp³-hybridized carbons (Fsp3) is 0.733. The molecule has 1 unspecified atom stereocenters. The van der Waals surface area contributed by atoms with Gasteiger partial charge in [-0.05, 0) is 31.2 Å². The minimum absolute atomic E-state index is 0.331. The SMILES string of the molecule is CCCc1ncc2c(n1)CC(C)(C)CC2NCC. The van der Waals surface area contributed by atoms with Gasteiger partial charge in [-0.25, -0.2) is 9.97 Å². The average Bonchev–Trinajstić information content (AvgIpc) is 2.27. The first-order valence-corrected chi connectivity index (χ1v) is 7.14. The summed E-state index contributed by atoms with van der Waals surface area (Å²) in [6, 6.07) is 0.421. The summed E-state index contributed by atoms with van der Waals surface area (Å²) in [7, 11) is 0. The number of aryl methyl sites for hydroxylation is 1. The maximum atomic E-state index is 4.78. The summed E-state index contributed by atoms with van der Waals surface area (Å²) < 4.78 is 0. The topological polar surface area (TPSA) is 37.8 Å². The van der Waals surface area contributed by atoms with E-state index in [4.69, 9.17) is 4.98 Å². The maximum Gasteiger partial charge on any atom is 0.128 e. The Hall–Kier alpha value is -0.960. The quantitative estimate of drug-likeness (QED) is 0.888. The first-order valence-electron chi connectivity index (χ1n) is 7.14. The molecule has 1 aromatic rings. The van der Waals surface area contributed by atoms with Gasteiger partial charge in [0.15, 0.2) is 0 Å². The van der Waals surface area contributed by atoms with Crippen molar-refractivity contribution < 1.29 is 0 Å². The Labute approximate surface area is 110 Å². The van der Waals surface area contributed by atoms with Crippen molar-refractivity contribution in [2.45, 2.75) is 59.4 Å². The molecule has 0 radical (unpaired) electrons. The predicted octanol–water partition coefficient (Wildman–Crippen LogP) is 3.05. The number of nitrogens with one attached hydrogen (secondary N) is 1. The Morgan fingerprint density at radius 2 is 2.17 bits per heavy atom. The van der Waals surface area contributed by atoms with Crippen molar-refractivity contribution in [3.05, 3.63) is 23.3 Å². The van der Waals surface area contributed by atoms with Crippen LogP contribution in [0.5, 0.6) is 0 Å². The summed E-state index contributed by atoms with van der Waals surface area (Å²) >= 11 is 0. The van der Waals surface area contributed by atoms with E-state index < -0.39 is 0 Å². The fourth-order valence-electron chi connectivity index (χ4n) is 2.86. The highest BCUT2D eigenvalue weighted by molar-refractivity contribution is 5.26. The van der Waals surface area contributed by atoms with Crippen LogP contribution in [0.3, 0.4) is 0 Å². The van der Waals surface area contributed by atoms with Crippen molar-refractivity contribution in [2.24, 2.45) is 5.41 Å².